The van der Waals surface area contributed by atoms with Crippen molar-refractivity contribution in [2.24, 2.45) is 0 Å². The van der Waals surface area contributed by atoms with E-state index >= 15 is 0 Å². The summed E-state index contributed by atoms with van der Waals surface area (Å²) in [5, 5.41) is 4.80. The summed E-state index contributed by atoms with van der Waals surface area (Å²) in [5.41, 5.74) is 0. The lowest BCUT2D eigenvalue weighted by molar-refractivity contribution is -0.0190. The molecule has 4 heteroatoms. The van der Waals surface area contributed by atoms with E-state index in [0.717, 1.165) is 39.4 Å². The van der Waals surface area contributed by atoms with Crippen molar-refractivity contribution in [1.29, 1.82) is 0 Å². The fourth-order valence-electron chi connectivity index (χ4n) is 2.86. The predicted octanol–water partition coefficient (Wildman–Crippen LogP) is 1.95. The van der Waals surface area contributed by atoms with Crippen LogP contribution in [0.1, 0.15) is 19.3 Å². The second kappa shape index (κ2) is 6.26. The van der Waals surface area contributed by atoms with Gasteiger partial charge in [0.05, 0.1) is 13.2 Å². The lowest BCUT2D eigenvalue weighted by atomic mass is 10.2. The molecular weight excluding hydrogens is 238 g/mol. The van der Waals surface area contributed by atoms with Crippen molar-refractivity contribution in [3.8, 4) is 0 Å². The molecule has 3 rings (SSSR count). The maximum atomic E-state index is 5.47. The molecule has 2 fully saturated rings. The molecule has 0 unspecified atom stereocenters. The van der Waals surface area contributed by atoms with E-state index < -0.39 is 0 Å². The van der Waals surface area contributed by atoms with E-state index in [-0.39, 0.29) is 0 Å². The average molecular weight is 261 g/mol. The zero-order valence-electron chi connectivity index (χ0n) is 11.5. The van der Waals surface area contributed by atoms with Crippen LogP contribution in [0.5, 0.6) is 0 Å². The lowest BCUT2D eigenvalue weighted by Crippen LogP contribution is -2.48. The van der Waals surface area contributed by atoms with Crippen molar-refractivity contribution in [1.82, 2.24) is 14.9 Å². The Bertz CT molecular complexity index is 377. The number of ether oxygens (including phenoxy) is 1. The number of hydrogen-bond acceptors (Lipinski definition) is 4. The molecule has 0 aliphatic carbocycles. The smallest absolute Gasteiger partial charge is 0.123 e. The van der Waals surface area contributed by atoms with Crippen LogP contribution in [0.4, 0.5) is 0 Å². The zero-order valence-corrected chi connectivity index (χ0v) is 11.5. The van der Waals surface area contributed by atoms with Crippen LogP contribution >= 0.6 is 0 Å². The van der Waals surface area contributed by atoms with E-state index in [1.165, 1.54) is 25.1 Å². The molecule has 0 aromatic heterocycles. The number of morpholine rings is 1. The quantitative estimate of drug-likeness (QED) is 0.756. The van der Waals surface area contributed by atoms with Crippen molar-refractivity contribution in [3.63, 3.8) is 0 Å². The van der Waals surface area contributed by atoms with Crippen LogP contribution < -0.4 is 0 Å². The molecule has 0 aromatic rings. The molecule has 0 radical (unpaired) electrons. The van der Waals surface area contributed by atoms with Gasteiger partial charge in [-0.1, -0.05) is 18.6 Å². The predicted molar refractivity (Wildman–Crippen MR) is 76.0 cm³/mol. The first kappa shape index (κ1) is 12.8. The Morgan fingerprint density at radius 2 is 1.63 bits per heavy atom. The van der Waals surface area contributed by atoms with Crippen molar-refractivity contribution < 1.29 is 4.74 Å². The SMILES string of the molecule is C1=CC=C(N2CCOCC2)N(N2CCCCC2)C=C1. The Hall–Kier alpha value is -1.26. The third kappa shape index (κ3) is 3.01. The second-order valence-electron chi connectivity index (χ2n) is 5.21. The minimum absolute atomic E-state index is 0.832. The highest BCUT2D eigenvalue weighted by atomic mass is 16.5. The topological polar surface area (TPSA) is 19.0 Å². The monoisotopic (exact) mass is 261 g/mol. The van der Waals surface area contributed by atoms with Gasteiger partial charge < -0.3 is 9.64 Å². The van der Waals surface area contributed by atoms with Gasteiger partial charge in [0.15, 0.2) is 0 Å². The van der Waals surface area contributed by atoms with Crippen LogP contribution in [0.3, 0.4) is 0 Å². The molecule has 2 saturated heterocycles. The summed E-state index contributed by atoms with van der Waals surface area (Å²) in [7, 11) is 0. The molecule has 0 N–H and O–H groups in total. The van der Waals surface area contributed by atoms with E-state index in [4.69, 9.17) is 4.74 Å². The summed E-state index contributed by atoms with van der Waals surface area (Å²) in [4.78, 5) is 2.43. The van der Waals surface area contributed by atoms with E-state index in [2.05, 4.69) is 45.4 Å². The van der Waals surface area contributed by atoms with Crippen molar-refractivity contribution in [2.75, 3.05) is 39.4 Å². The number of piperidine rings is 1. The van der Waals surface area contributed by atoms with Gasteiger partial charge in [0, 0.05) is 32.4 Å². The van der Waals surface area contributed by atoms with Crippen LogP contribution in [0.25, 0.3) is 0 Å². The molecule has 0 bridgehead atoms. The van der Waals surface area contributed by atoms with Crippen LogP contribution in [-0.2, 0) is 4.74 Å². The van der Waals surface area contributed by atoms with Crippen molar-refractivity contribution in [3.05, 3.63) is 36.3 Å². The highest BCUT2D eigenvalue weighted by Gasteiger charge is 2.23. The Morgan fingerprint density at radius 3 is 2.42 bits per heavy atom. The maximum Gasteiger partial charge on any atom is 0.123 e. The van der Waals surface area contributed by atoms with Gasteiger partial charge in [-0.2, -0.15) is 0 Å². The van der Waals surface area contributed by atoms with E-state index in [9.17, 15) is 0 Å². The standard InChI is InChI=1S/C15H23N3O/c1-3-7-15(16-11-13-19-14-12-16)18(10-6-1)17-8-4-2-5-9-17/h1,3,6-7,10H,2,4-5,8-9,11-14H2. The summed E-state index contributed by atoms with van der Waals surface area (Å²) in [6.45, 7) is 5.95. The fourth-order valence-corrected chi connectivity index (χ4v) is 2.86. The van der Waals surface area contributed by atoms with Gasteiger partial charge in [-0.3, -0.25) is 5.01 Å². The Kier molecular flexibility index (Phi) is 4.20. The van der Waals surface area contributed by atoms with Gasteiger partial charge in [0.2, 0.25) is 0 Å². The molecule has 0 spiro atoms. The summed E-state index contributed by atoms with van der Waals surface area (Å²) in [6, 6.07) is 0. The molecule has 19 heavy (non-hydrogen) atoms. The molecule has 3 aliphatic heterocycles. The number of hydrogen-bond donors (Lipinski definition) is 0. The minimum atomic E-state index is 0.832. The summed E-state index contributed by atoms with van der Waals surface area (Å²) in [6.07, 6.45) is 14.7. The largest absolute Gasteiger partial charge is 0.378 e. The van der Waals surface area contributed by atoms with Crippen molar-refractivity contribution in [2.45, 2.75) is 19.3 Å². The maximum absolute atomic E-state index is 5.47. The van der Waals surface area contributed by atoms with E-state index in [0.29, 0.717) is 0 Å². The number of rotatable bonds is 2. The average Bonchev–Trinajstić information content (AvgIpc) is 2.75. The molecular formula is C15H23N3O. The van der Waals surface area contributed by atoms with Gasteiger partial charge in [-0.05, 0) is 25.0 Å². The van der Waals surface area contributed by atoms with Gasteiger partial charge in [0.1, 0.15) is 5.82 Å². The molecule has 0 atom stereocenters. The molecule has 4 nitrogen and oxygen atoms in total. The fraction of sp³-hybridized carbons (Fsp3) is 0.600. The third-order valence-corrected chi connectivity index (χ3v) is 3.90. The van der Waals surface area contributed by atoms with E-state index in [1.54, 1.807) is 0 Å². The normalized spacial score (nSPS) is 25.4. The van der Waals surface area contributed by atoms with Crippen LogP contribution in [0.2, 0.25) is 0 Å². The van der Waals surface area contributed by atoms with E-state index in [1.807, 2.05) is 0 Å². The van der Waals surface area contributed by atoms with Crippen LogP contribution in [0, 0.1) is 0 Å². The molecule has 3 aliphatic rings. The first-order valence-electron chi connectivity index (χ1n) is 7.37. The van der Waals surface area contributed by atoms with Gasteiger partial charge in [-0.25, -0.2) is 5.01 Å². The van der Waals surface area contributed by atoms with Crippen molar-refractivity contribution >= 4 is 0 Å². The van der Waals surface area contributed by atoms with Gasteiger partial charge in [0.25, 0.3) is 0 Å². The van der Waals surface area contributed by atoms with Gasteiger partial charge >= 0.3 is 0 Å². The van der Waals surface area contributed by atoms with Crippen LogP contribution in [-0.4, -0.2) is 54.3 Å². The molecule has 0 saturated carbocycles. The molecule has 0 amide bonds. The summed E-state index contributed by atoms with van der Waals surface area (Å²) >= 11 is 0. The molecule has 104 valence electrons. The highest BCUT2D eigenvalue weighted by Crippen LogP contribution is 2.21. The zero-order chi connectivity index (χ0) is 12.9. The van der Waals surface area contributed by atoms with Crippen LogP contribution in [0.15, 0.2) is 36.3 Å². The molecule has 0 aromatic carbocycles. The van der Waals surface area contributed by atoms with Gasteiger partial charge in [-0.15, -0.1) is 0 Å². The first-order chi connectivity index (χ1) is 9.45. The minimum Gasteiger partial charge on any atom is -0.378 e. The number of allylic oxidation sites excluding steroid dienone is 4. The Labute approximate surface area is 115 Å². The highest BCUT2D eigenvalue weighted by molar-refractivity contribution is 5.21. The Balaban J connectivity index is 1.78. The summed E-state index contributed by atoms with van der Waals surface area (Å²) < 4.78 is 5.47. The number of nitrogens with zero attached hydrogens (tertiary/aromatic N) is 3. The third-order valence-electron chi connectivity index (χ3n) is 3.90. The lowest BCUT2D eigenvalue weighted by Gasteiger charge is -2.42. The summed E-state index contributed by atoms with van der Waals surface area (Å²) in [5.74, 6) is 1.29. The second-order valence-corrected chi connectivity index (χ2v) is 5.21. The Morgan fingerprint density at radius 1 is 0.842 bits per heavy atom. The number of hydrazine groups is 1. The first-order valence-corrected chi connectivity index (χ1v) is 7.37. The molecule has 3 heterocycles.